The molecule has 0 bridgehead atoms. The molecule has 0 atom stereocenters. The Morgan fingerprint density at radius 2 is 2.04 bits per heavy atom. The first kappa shape index (κ1) is 17.0. The van der Waals surface area contributed by atoms with E-state index in [1.807, 2.05) is 0 Å². The molecule has 0 saturated heterocycles. The second-order valence-corrected chi connectivity index (χ2v) is 5.95. The number of fused-ring (bicyclic) bond motifs is 1. The monoisotopic (exact) mass is 362 g/mol. The number of nitro benzene ring substituents is 1. The third kappa shape index (κ3) is 3.66. The largest absolute Gasteiger partial charge is 0.486 e. The summed E-state index contributed by atoms with van der Waals surface area (Å²) in [5, 5.41) is 14.0. The fourth-order valence-corrected chi connectivity index (χ4v) is 2.84. The second-order valence-electron chi connectivity index (χ2n) is 5.54. The number of aryl methyl sites for hydroxylation is 1. The van der Waals surface area contributed by atoms with Crippen LogP contribution >= 0.6 is 11.6 Å². The number of hydrogen-bond donors (Lipinski definition) is 1. The molecule has 0 spiro atoms. The standard InChI is InChI=1S/C17H15ClN2O5/c1-10-6-12(2-3-14(10)20(22)23)17(21)19-9-11-7-13(18)16-15(8-11)24-4-5-25-16/h2-3,6-8H,4-5,9H2,1H3,(H,19,21). The van der Waals surface area contributed by atoms with E-state index in [1.54, 1.807) is 19.1 Å². The van der Waals surface area contributed by atoms with Crippen molar-refractivity contribution in [3.63, 3.8) is 0 Å². The van der Waals surface area contributed by atoms with Gasteiger partial charge in [0.05, 0.1) is 9.95 Å². The van der Waals surface area contributed by atoms with Crippen molar-refractivity contribution in [2.24, 2.45) is 0 Å². The van der Waals surface area contributed by atoms with E-state index in [-0.39, 0.29) is 18.1 Å². The number of carbonyl (C=O) groups is 1. The highest BCUT2D eigenvalue weighted by atomic mass is 35.5. The fraction of sp³-hybridized carbons (Fsp3) is 0.235. The maximum absolute atomic E-state index is 12.3. The Hall–Kier alpha value is -2.80. The number of benzene rings is 2. The Morgan fingerprint density at radius 1 is 1.28 bits per heavy atom. The lowest BCUT2D eigenvalue weighted by Gasteiger charge is -2.20. The van der Waals surface area contributed by atoms with E-state index >= 15 is 0 Å². The predicted molar refractivity (Wildman–Crippen MR) is 91.4 cm³/mol. The third-order valence-electron chi connectivity index (χ3n) is 3.77. The third-order valence-corrected chi connectivity index (χ3v) is 4.05. The molecular weight excluding hydrogens is 348 g/mol. The lowest BCUT2D eigenvalue weighted by atomic mass is 10.1. The van der Waals surface area contributed by atoms with Gasteiger partial charge in [0.2, 0.25) is 0 Å². The van der Waals surface area contributed by atoms with Crippen molar-refractivity contribution in [2.45, 2.75) is 13.5 Å². The molecule has 2 aromatic carbocycles. The van der Waals surface area contributed by atoms with Gasteiger partial charge in [0, 0.05) is 23.7 Å². The summed E-state index contributed by atoms with van der Waals surface area (Å²) in [4.78, 5) is 22.6. The minimum Gasteiger partial charge on any atom is -0.486 e. The van der Waals surface area contributed by atoms with Gasteiger partial charge in [-0.15, -0.1) is 0 Å². The van der Waals surface area contributed by atoms with Crippen LogP contribution in [0.15, 0.2) is 30.3 Å². The Morgan fingerprint density at radius 3 is 2.76 bits per heavy atom. The van der Waals surface area contributed by atoms with Gasteiger partial charge in [-0.3, -0.25) is 14.9 Å². The van der Waals surface area contributed by atoms with Crippen molar-refractivity contribution in [1.82, 2.24) is 5.32 Å². The number of ether oxygens (including phenoxy) is 2. The first-order chi connectivity index (χ1) is 12.0. The van der Waals surface area contributed by atoms with E-state index in [0.29, 0.717) is 40.9 Å². The highest BCUT2D eigenvalue weighted by Gasteiger charge is 2.17. The van der Waals surface area contributed by atoms with Gasteiger partial charge in [-0.25, -0.2) is 0 Å². The molecule has 3 rings (SSSR count). The van der Waals surface area contributed by atoms with Crippen LogP contribution in [0.2, 0.25) is 5.02 Å². The number of hydrogen-bond acceptors (Lipinski definition) is 5. The molecule has 25 heavy (non-hydrogen) atoms. The SMILES string of the molecule is Cc1cc(C(=O)NCc2cc(Cl)c3c(c2)OCCO3)ccc1[N+](=O)[O-]. The van der Waals surface area contributed by atoms with Crippen molar-refractivity contribution < 1.29 is 19.2 Å². The summed E-state index contributed by atoms with van der Waals surface area (Å²) < 4.78 is 11.0. The van der Waals surface area contributed by atoms with Gasteiger partial charge in [-0.1, -0.05) is 11.6 Å². The molecule has 1 aliphatic heterocycles. The van der Waals surface area contributed by atoms with Crippen LogP contribution in [0.1, 0.15) is 21.5 Å². The Bertz CT molecular complexity index is 853. The molecule has 8 heteroatoms. The minimum absolute atomic E-state index is 0.0184. The summed E-state index contributed by atoms with van der Waals surface area (Å²) in [5.41, 5.74) is 1.53. The van der Waals surface area contributed by atoms with E-state index in [2.05, 4.69) is 5.32 Å². The molecule has 130 valence electrons. The van der Waals surface area contributed by atoms with Gasteiger partial charge in [0.15, 0.2) is 11.5 Å². The number of rotatable bonds is 4. The second kappa shape index (κ2) is 6.98. The zero-order chi connectivity index (χ0) is 18.0. The highest BCUT2D eigenvalue weighted by Crippen LogP contribution is 2.38. The zero-order valence-electron chi connectivity index (χ0n) is 13.4. The Balaban J connectivity index is 1.71. The molecular formula is C17H15ClN2O5. The van der Waals surface area contributed by atoms with E-state index < -0.39 is 4.92 Å². The molecule has 0 unspecified atom stereocenters. The van der Waals surface area contributed by atoms with Crippen LogP contribution in [0.4, 0.5) is 5.69 Å². The highest BCUT2D eigenvalue weighted by molar-refractivity contribution is 6.32. The fourth-order valence-electron chi connectivity index (χ4n) is 2.55. The van der Waals surface area contributed by atoms with E-state index in [4.69, 9.17) is 21.1 Å². The summed E-state index contributed by atoms with van der Waals surface area (Å²) >= 11 is 6.17. The number of nitro groups is 1. The van der Waals surface area contributed by atoms with Crippen LogP contribution in [-0.4, -0.2) is 24.0 Å². The maximum atomic E-state index is 12.3. The summed E-state index contributed by atoms with van der Waals surface area (Å²) in [6, 6.07) is 7.71. The first-order valence-corrected chi connectivity index (χ1v) is 7.95. The Labute approximate surface area is 148 Å². The van der Waals surface area contributed by atoms with Crippen LogP contribution in [0.3, 0.4) is 0 Å². The summed E-state index contributed by atoms with van der Waals surface area (Å²) in [6.07, 6.45) is 0. The van der Waals surface area contributed by atoms with Gasteiger partial charge in [-0.05, 0) is 36.8 Å². The topological polar surface area (TPSA) is 90.7 Å². The number of amides is 1. The van der Waals surface area contributed by atoms with Crippen LogP contribution in [-0.2, 0) is 6.54 Å². The quantitative estimate of drug-likeness (QED) is 0.666. The normalized spacial score (nSPS) is 12.6. The summed E-state index contributed by atoms with van der Waals surface area (Å²) in [5.74, 6) is 0.729. The predicted octanol–water partition coefficient (Wildman–Crippen LogP) is 3.26. The van der Waals surface area contributed by atoms with Crippen LogP contribution in [0, 0.1) is 17.0 Å². The van der Waals surface area contributed by atoms with Crippen LogP contribution in [0.5, 0.6) is 11.5 Å². The molecule has 1 N–H and O–H groups in total. The van der Waals surface area contributed by atoms with Gasteiger partial charge in [0.1, 0.15) is 13.2 Å². The molecule has 0 saturated carbocycles. The molecule has 7 nitrogen and oxygen atoms in total. The maximum Gasteiger partial charge on any atom is 0.272 e. The minimum atomic E-state index is -0.478. The van der Waals surface area contributed by atoms with E-state index in [0.717, 1.165) is 5.56 Å². The van der Waals surface area contributed by atoms with E-state index in [1.165, 1.54) is 18.2 Å². The number of carbonyl (C=O) groups excluding carboxylic acids is 1. The lowest BCUT2D eigenvalue weighted by molar-refractivity contribution is -0.385. The van der Waals surface area contributed by atoms with Gasteiger partial charge in [0.25, 0.3) is 11.6 Å². The lowest BCUT2D eigenvalue weighted by Crippen LogP contribution is -2.23. The van der Waals surface area contributed by atoms with Gasteiger partial charge >= 0.3 is 0 Å². The summed E-state index contributed by atoms with van der Waals surface area (Å²) in [7, 11) is 0. The first-order valence-electron chi connectivity index (χ1n) is 7.57. The molecule has 1 heterocycles. The molecule has 0 aliphatic carbocycles. The van der Waals surface area contributed by atoms with E-state index in [9.17, 15) is 14.9 Å². The smallest absolute Gasteiger partial charge is 0.272 e. The van der Waals surface area contributed by atoms with Crippen molar-refractivity contribution in [2.75, 3.05) is 13.2 Å². The number of halogens is 1. The molecule has 2 aromatic rings. The van der Waals surface area contributed by atoms with Crippen molar-refractivity contribution >= 4 is 23.2 Å². The summed E-state index contributed by atoms with van der Waals surface area (Å²) in [6.45, 7) is 2.73. The van der Waals surface area contributed by atoms with Crippen molar-refractivity contribution in [3.05, 3.63) is 62.2 Å². The average Bonchev–Trinajstić information content (AvgIpc) is 2.59. The van der Waals surface area contributed by atoms with Crippen LogP contribution < -0.4 is 14.8 Å². The van der Waals surface area contributed by atoms with Crippen molar-refractivity contribution in [3.8, 4) is 11.5 Å². The van der Waals surface area contributed by atoms with Gasteiger partial charge < -0.3 is 14.8 Å². The molecule has 0 radical (unpaired) electrons. The average molecular weight is 363 g/mol. The molecule has 1 amide bonds. The number of nitrogens with one attached hydrogen (secondary N) is 1. The van der Waals surface area contributed by atoms with Crippen molar-refractivity contribution in [1.29, 1.82) is 0 Å². The number of nitrogens with zero attached hydrogens (tertiary/aromatic N) is 1. The van der Waals surface area contributed by atoms with Crippen LogP contribution in [0.25, 0.3) is 0 Å². The Kier molecular flexibility index (Phi) is 4.76. The zero-order valence-corrected chi connectivity index (χ0v) is 14.1. The molecule has 0 fully saturated rings. The molecule has 0 aromatic heterocycles. The van der Waals surface area contributed by atoms with Gasteiger partial charge in [-0.2, -0.15) is 0 Å². The molecule has 1 aliphatic rings.